The van der Waals surface area contributed by atoms with Crippen LogP contribution in [0.1, 0.15) is 0 Å². The molecule has 0 aromatic carbocycles. The zero-order chi connectivity index (χ0) is 73.5. The van der Waals surface area contributed by atoms with E-state index in [9.17, 15) is 263 Å². The second-order valence-corrected chi connectivity index (χ2v) is 19.0. The molecular weight excluding hydrogens is 1650 g/mol. The van der Waals surface area contributed by atoms with Crippen LogP contribution in [0.3, 0.4) is 0 Å². The summed E-state index contributed by atoms with van der Waals surface area (Å²) in [5.41, 5.74) is 0. The van der Waals surface area contributed by atoms with Crippen molar-refractivity contribution in [2.24, 2.45) is 0 Å². The van der Waals surface area contributed by atoms with Gasteiger partial charge in [-0.3, -0.25) is 0 Å². The Bertz CT molecular complexity index is 2500. The van der Waals surface area contributed by atoms with Gasteiger partial charge in [-0.15, -0.1) is 0 Å². The van der Waals surface area contributed by atoms with Crippen molar-refractivity contribution in [2.45, 2.75) is 141 Å². The molecule has 0 aromatic heterocycles. The molecule has 0 saturated heterocycles. The van der Waals surface area contributed by atoms with Crippen LogP contribution in [-0.2, 0) is 30.4 Å². The maximum atomic E-state index is 13.0. The molecule has 0 aliphatic heterocycles. The van der Waals surface area contributed by atoms with Crippen LogP contribution in [0.5, 0.6) is 0 Å². The second-order valence-electron chi connectivity index (χ2n) is 14.7. The van der Waals surface area contributed by atoms with Crippen LogP contribution in [0, 0.1) is 39.9 Å². The summed E-state index contributed by atoms with van der Waals surface area (Å²) in [6.45, 7) is 0. The van der Waals surface area contributed by atoms with Crippen LogP contribution in [0.15, 0.2) is 0 Å². The Morgan fingerprint density at radius 1 is 0.148 bits per heavy atom. The Kier molecular flexibility index (Phi) is 24.2. The predicted molar refractivity (Wildman–Crippen MR) is 151 cm³/mol. The van der Waals surface area contributed by atoms with Gasteiger partial charge in [0, 0.05) is 0 Å². The minimum Gasteiger partial charge on any atom is -0.743 e. The smallest absolute Gasteiger partial charge is 0.743 e. The van der Waals surface area contributed by atoms with Crippen molar-refractivity contribution in [1.29, 1.82) is 0 Å². The van der Waals surface area contributed by atoms with E-state index in [2.05, 4.69) is 0 Å². The summed E-state index contributed by atoms with van der Waals surface area (Å²) in [7, 11) is -24.4. The van der Waals surface area contributed by atoms with Crippen LogP contribution in [0.25, 0.3) is 0 Å². The second kappa shape index (κ2) is 23.2. The van der Waals surface area contributed by atoms with Crippen LogP contribution >= 0.6 is 0 Å². The molecule has 0 atom stereocenters. The molecule has 0 unspecified atom stereocenters. The van der Waals surface area contributed by atoms with Gasteiger partial charge in [-0.2, -0.15) is 224 Å². The molecule has 0 saturated carbocycles. The van der Waals surface area contributed by atoms with Crippen molar-refractivity contribution in [1.82, 2.24) is 0 Å². The summed E-state index contributed by atoms with van der Waals surface area (Å²) >= 11 is 0. The van der Waals surface area contributed by atoms with Gasteiger partial charge in [0.1, 0.15) is 0 Å². The van der Waals surface area contributed by atoms with E-state index >= 15 is 0 Å². The minimum absolute atomic E-state index is 0. The van der Waals surface area contributed by atoms with Gasteiger partial charge in [-0.05, 0) is 0 Å². The topological polar surface area (TPSA) is 172 Å². The van der Waals surface area contributed by atoms with E-state index in [1.807, 2.05) is 0 Å². The molecule has 0 aliphatic carbocycles. The van der Waals surface area contributed by atoms with Gasteiger partial charge < -0.3 is 13.7 Å². The third-order valence-electron chi connectivity index (χ3n) is 9.02. The van der Waals surface area contributed by atoms with Gasteiger partial charge in [0.2, 0.25) is 0 Å². The molecule has 0 rings (SSSR count). The van der Waals surface area contributed by atoms with E-state index in [-0.39, 0.29) is 39.9 Å². The summed E-state index contributed by atoms with van der Waals surface area (Å²) in [5.74, 6) is -156. The first-order chi connectivity index (χ1) is 36.0. The number of hydrogen-bond donors (Lipinski definition) is 0. The molecule has 0 amide bonds. The summed E-state index contributed by atoms with van der Waals surface area (Å²) in [6, 6.07) is 0. The SMILES string of the molecule is O=S(=O)([O-])C(F)(F)C(F)(F)C(F)(F)C(F)(F)C(F)(F)C(F)(F)C(F)(F)C(F)(F)F.O=S(=O)([O-])C(F)(F)C(F)(F)C(F)(F)C(F)(F)C(F)(F)C(F)(F)C(F)(F)C(F)(F)F.O=S(=O)([O-])C(F)(F)C(F)(F)C(F)(F)C(F)(F)C(F)(F)C(F)(F)C(F)(F)C(F)(F)F.[Gd+3]. The van der Waals surface area contributed by atoms with Crippen molar-refractivity contribution in [3.8, 4) is 0 Å². The van der Waals surface area contributed by atoms with E-state index < -0.39 is 171 Å². The van der Waals surface area contributed by atoms with Gasteiger partial charge in [0.25, 0.3) is 0 Å². The number of rotatable bonds is 21. The van der Waals surface area contributed by atoms with Gasteiger partial charge in [-0.25, -0.2) is 25.3 Å². The quantitative estimate of drug-likeness (QED) is 0.0801. The summed E-state index contributed by atoms with van der Waals surface area (Å²) in [4.78, 5) is 0. The Morgan fingerprint density at radius 3 is 0.284 bits per heavy atom. The normalized spacial score (nSPS) is 16.7. The van der Waals surface area contributed by atoms with E-state index in [0.717, 1.165) is 0 Å². The predicted octanol–water partition coefficient (Wildman–Crippen LogP) is 13.5. The van der Waals surface area contributed by atoms with Gasteiger partial charge >= 0.3 is 181 Å². The molecule has 533 valence electrons. The van der Waals surface area contributed by atoms with Crippen molar-refractivity contribution >= 4 is 30.4 Å². The molecule has 0 spiro atoms. The molecule has 0 N–H and O–H groups in total. The van der Waals surface area contributed by atoms with E-state index in [4.69, 9.17) is 0 Å². The van der Waals surface area contributed by atoms with Crippen molar-refractivity contribution in [3.63, 3.8) is 0 Å². The minimum atomic E-state index is -8.92. The maximum absolute atomic E-state index is 13.0. The Morgan fingerprint density at radius 2 is 0.216 bits per heavy atom. The molecule has 9 nitrogen and oxygen atoms in total. The largest absolute Gasteiger partial charge is 3.00 e. The van der Waals surface area contributed by atoms with Gasteiger partial charge in [-0.1, -0.05) is 0 Å². The van der Waals surface area contributed by atoms with Crippen LogP contribution in [0.4, 0.5) is 224 Å². The monoisotopic (exact) mass is 1650 g/mol. The molecular formula is C24F51GdO9S3. The molecule has 64 heteroatoms. The molecule has 1 radical (unpaired) electrons. The summed E-state index contributed by atoms with van der Waals surface area (Å²) in [5, 5.41) is -23.9. The van der Waals surface area contributed by atoms with E-state index in [1.54, 1.807) is 0 Å². The summed E-state index contributed by atoms with van der Waals surface area (Å²) in [6.07, 6.45) is -23.7. The standard InChI is InChI=1S/3C8HF17O3S.Gd/c3*9-1(10,3(13,14)5(17,18)7(21,22)23)2(11,12)4(15,16)6(19,20)8(24,25)29(26,27)28;/h3*(H,26,27,28);/q;;;+3/p-3. The third kappa shape index (κ3) is 12.5. The van der Waals surface area contributed by atoms with Gasteiger partial charge in [0.15, 0.2) is 30.4 Å². The number of halogens is 51. The van der Waals surface area contributed by atoms with E-state index in [1.165, 1.54) is 0 Å². The Hall–Kier alpha value is -2.52. The first kappa shape index (κ1) is 91.9. The fourth-order valence-corrected chi connectivity index (χ4v) is 5.25. The van der Waals surface area contributed by atoms with Crippen LogP contribution in [-0.4, -0.2) is 180 Å². The van der Waals surface area contributed by atoms with Gasteiger partial charge in [0.05, 0.1) is 0 Å². The Labute approximate surface area is 473 Å². The zero-order valence-corrected chi connectivity index (χ0v) is 41.2. The van der Waals surface area contributed by atoms with Crippen molar-refractivity contribution < 1.29 is 303 Å². The fraction of sp³-hybridized carbons (Fsp3) is 1.00. The fourth-order valence-electron chi connectivity index (χ4n) is 3.92. The molecule has 0 aromatic rings. The van der Waals surface area contributed by atoms with Crippen molar-refractivity contribution in [3.05, 3.63) is 0 Å². The zero-order valence-electron chi connectivity index (χ0n) is 36.5. The average Bonchev–Trinajstić information content (AvgIpc) is 3.23. The molecule has 88 heavy (non-hydrogen) atoms. The molecule has 0 aliphatic rings. The summed E-state index contributed by atoms with van der Waals surface area (Å²) < 4.78 is 732. The average molecular weight is 1650 g/mol. The van der Waals surface area contributed by atoms with Crippen molar-refractivity contribution in [2.75, 3.05) is 0 Å². The van der Waals surface area contributed by atoms with Crippen LogP contribution in [0.2, 0.25) is 0 Å². The molecule has 0 fully saturated rings. The molecule has 0 heterocycles. The van der Waals surface area contributed by atoms with Crippen LogP contribution < -0.4 is 0 Å². The first-order valence-corrected chi connectivity index (χ1v) is 21.2. The third-order valence-corrected chi connectivity index (χ3v) is 11.7. The number of alkyl halides is 51. The maximum Gasteiger partial charge on any atom is 3.00 e. The first-order valence-electron chi connectivity index (χ1n) is 17.0. The number of hydrogen-bond acceptors (Lipinski definition) is 9. The van der Waals surface area contributed by atoms with E-state index in [0.29, 0.717) is 0 Å². The molecule has 0 bridgehead atoms. The Balaban J connectivity index is -0.000000598.